The first kappa shape index (κ1) is 9.98. The fraction of sp³-hybridized carbons (Fsp3) is 0. The van der Waals surface area contributed by atoms with Crippen molar-refractivity contribution in [1.29, 1.82) is 0 Å². The molecule has 0 bridgehead atoms. The van der Waals surface area contributed by atoms with E-state index in [0.29, 0.717) is 0 Å². The van der Waals surface area contributed by atoms with Crippen LogP contribution in [0.15, 0.2) is 0 Å². The fourth-order valence-corrected chi connectivity index (χ4v) is 0. The quantitative estimate of drug-likeness (QED) is 0.375. The summed E-state index contributed by atoms with van der Waals surface area (Å²) in [6.07, 6.45) is 0. The summed E-state index contributed by atoms with van der Waals surface area (Å²) >= 11 is -4.29. The average molecular weight is 179 g/mol. The number of hydrogen-bond donors (Lipinski definition) is 0. The van der Waals surface area contributed by atoms with E-state index in [1.165, 1.54) is 0 Å². The van der Waals surface area contributed by atoms with Gasteiger partial charge in [-0.05, 0) is 0 Å². The second-order valence-electron chi connectivity index (χ2n) is 0.250. The molecule has 24 valence electrons. The third-order valence-electron chi connectivity index (χ3n) is 0. The third kappa shape index (κ3) is 25.2. The van der Waals surface area contributed by atoms with E-state index in [1.807, 2.05) is 0 Å². The summed E-state index contributed by atoms with van der Waals surface area (Å²) in [7, 11) is 0. The van der Waals surface area contributed by atoms with Crippen LogP contribution in [0, 0.1) is 0 Å². The van der Waals surface area contributed by atoms with Gasteiger partial charge in [0.05, 0.1) is 0 Å². The number of rotatable bonds is 0. The van der Waals surface area contributed by atoms with Crippen molar-refractivity contribution in [2.45, 2.75) is 0 Å². The van der Waals surface area contributed by atoms with E-state index in [-0.39, 0.29) is 37.7 Å². The molecule has 3 nitrogen and oxygen atoms in total. The van der Waals surface area contributed by atoms with Crippen LogP contribution in [0.3, 0.4) is 0 Å². The standard InChI is InChI=1S/Ca.3O.Zr/q+2;;2*-1;. The Morgan fingerprint density at radius 3 is 1.40 bits per heavy atom. The molecular formula is CaO3Zr. The van der Waals surface area contributed by atoms with Gasteiger partial charge in [0.1, 0.15) is 0 Å². The maximum absolute atomic E-state index is 8.61. The third-order valence-corrected chi connectivity index (χ3v) is 0. The molecule has 0 rings (SSSR count). The first-order valence-electron chi connectivity index (χ1n) is 0.612. The Morgan fingerprint density at radius 2 is 1.40 bits per heavy atom. The molecular weight excluding hydrogens is 179 g/mol. The fourth-order valence-electron chi connectivity index (χ4n) is 0. The van der Waals surface area contributed by atoms with E-state index in [9.17, 15) is 0 Å². The van der Waals surface area contributed by atoms with Crippen LogP contribution in [0.5, 0.6) is 0 Å². The van der Waals surface area contributed by atoms with Crippen molar-refractivity contribution in [2.24, 2.45) is 0 Å². The van der Waals surface area contributed by atoms with Crippen molar-refractivity contribution in [1.82, 2.24) is 0 Å². The van der Waals surface area contributed by atoms with E-state index in [4.69, 9.17) is 9.18 Å². The van der Waals surface area contributed by atoms with Crippen LogP contribution in [0.4, 0.5) is 0 Å². The zero-order chi connectivity index (χ0) is 3.58. The van der Waals surface area contributed by atoms with Crippen molar-refractivity contribution in [3.8, 4) is 0 Å². The summed E-state index contributed by atoms with van der Waals surface area (Å²) in [5.41, 5.74) is 0. The minimum atomic E-state index is -4.29. The molecule has 5 heavy (non-hydrogen) atoms. The predicted octanol–water partition coefficient (Wildman–Crippen LogP) is -2.88. The molecule has 0 atom stereocenters. The van der Waals surface area contributed by atoms with Gasteiger partial charge in [0, 0.05) is 0 Å². The predicted molar refractivity (Wildman–Crippen MR) is 6.44 cm³/mol. The first-order valence-corrected chi connectivity index (χ1v) is 3.62. The normalized spacial score (nSPS) is 5.20. The molecule has 0 N–H and O–H groups in total. The molecule has 0 aromatic rings. The van der Waals surface area contributed by atoms with Gasteiger partial charge in [0.15, 0.2) is 0 Å². The van der Waals surface area contributed by atoms with E-state index in [0.717, 1.165) is 0 Å². The van der Waals surface area contributed by atoms with Gasteiger partial charge in [-0.3, -0.25) is 0 Å². The molecule has 0 aliphatic rings. The summed E-state index contributed by atoms with van der Waals surface area (Å²) < 4.78 is 25.8. The summed E-state index contributed by atoms with van der Waals surface area (Å²) in [5.74, 6) is 0. The van der Waals surface area contributed by atoms with Gasteiger partial charge in [-0.1, -0.05) is 0 Å². The molecule has 0 aliphatic carbocycles. The molecule has 0 radical (unpaired) electrons. The van der Waals surface area contributed by atoms with E-state index >= 15 is 0 Å². The van der Waals surface area contributed by atoms with E-state index in [1.54, 1.807) is 0 Å². The molecule has 0 aromatic heterocycles. The minimum absolute atomic E-state index is 0. The Labute approximate surface area is 68.4 Å². The molecule has 0 heterocycles. The van der Waals surface area contributed by atoms with Gasteiger partial charge in [-0.25, -0.2) is 0 Å². The molecule has 0 unspecified atom stereocenters. The van der Waals surface area contributed by atoms with Gasteiger partial charge in [-0.2, -0.15) is 0 Å². The van der Waals surface area contributed by atoms with Crippen molar-refractivity contribution >= 4 is 37.7 Å². The molecule has 0 amide bonds. The van der Waals surface area contributed by atoms with Gasteiger partial charge < -0.3 is 0 Å². The van der Waals surface area contributed by atoms with Crippen molar-refractivity contribution in [3.05, 3.63) is 0 Å². The van der Waals surface area contributed by atoms with Crippen LogP contribution < -0.4 is 6.37 Å². The van der Waals surface area contributed by atoms with Crippen LogP contribution >= 0.6 is 0 Å². The Morgan fingerprint density at radius 1 is 1.40 bits per heavy atom. The van der Waals surface area contributed by atoms with Crippen LogP contribution in [0.2, 0.25) is 0 Å². The average Bonchev–Trinajstić information content (AvgIpc) is 0.811. The molecule has 0 saturated carbocycles. The maximum atomic E-state index is 8.61. The van der Waals surface area contributed by atoms with Crippen molar-refractivity contribution < 1.29 is 31.8 Å². The second-order valence-corrected chi connectivity index (χ2v) is 1.48. The zero-order valence-corrected chi connectivity index (χ0v) is 7.10. The van der Waals surface area contributed by atoms with E-state index < -0.39 is 22.6 Å². The molecule has 0 spiro atoms. The molecule has 0 fully saturated rings. The molecule has 0 saturated heterocycles. The van der Waals surface area contributed by atoms with Crippen molar-refractivity contribution in [2.75, 3.05) is 0 Å². The van der Waals surface area contributed by atoms with E-state index in [2.05, 4.69) is 0 Å². The summed E-state index contributed by atoms with van der Waals surface area (Å²) in [4.78, 5) is 0. The Bertz CT molecular complexity index is 29.9. The van der Waals surface area contributed by atoms with Crippen LogP contribution in [0.25, 0.3) is 0 Å². The second kappa shape index (κ2) is 5.86. The monoisotopic (exact) mass is 178 g/mol. The topological polar surface area (TPSA) is 63.2 Å². The summed E-state index contributed by atoms with van der Waals surface area (Å²) in [6.45, 7) is 0. The Balaban J connectivity index is 0. The summed E-state index contributed by atoms with van der Waals surface area (Å²) in [6, 6.07) is 0. The van der Waals surface area contributed by atoms with Gasteiger partial charge >= 0.3 is 69.6 Å². The van der Waals surface area contributed by atoms with Gasteiger partial charge in [0.25, 0.3) is 0 Å². The van der Waals surface area contributed by atoms with Crippen LogP contribution in [-0.2, 0) is 25.4 Å². The first-order chi connectivity index (χ1) is 1.73. The van der Waals surface area contributed by atoms with Crippen molar-refractivity contribution in [3.63, 3.8) is 0 Å². The Hall–Kier alpha value is 1.86. The van der Waals surface area contributed by atoms with Gasteiger partial charge in [-0.15, -0.1) is 0 Å². The van der Waals surface area contributed by atoms with Crippen LogP contribution in [0.1, 0.15) is 0 Å². The molecule has 0 aliphatic heterocycles. The van der Waals surface area contributed by atoms with Crippen LogP contribution in [-0.4, -0.2) is 37.7 Å². The molecule has 0 aromatic carbocycles. The summed E-state index contributed by atoms with van der Waals surface area (Å²) in [5, 5.41) is 0. The Kier molecular flexibility index (Phi) is 11.7. The SMILES string of the molecule is [Ca+2].[O]=[Zr]([O-])[O-]. The van der Waals surface area contributed by atoms with Gasteiger partial charge in [0.2, 0.25) is 0 Å². The number of hydrogen-bond acceptors (Lipinski definition) is 3. The zero-order valence-electron chi connectivity index (χ0n) is 2.43. The molecule has 5 heteroatoms.